The molecule has 0 bridgehead atoms. The number of ether oxygens (including phenoxy) is 1. The molecule has 1 aromatic carbocycles. The van der Waals surface area contributed by atoms with Crippen LogP contribution in [0.3, 0.4) is 0 Å². The van der Waals surface area contributed by atoms with Crippen molar-refractivity contribution in [3.8, 4) is 11.8 Å². The maximum atomic E-state index is 12.8. The van der Waals surface area contributed by atoms with E-state index in [9.17, 15) is 14.4 Å². The van der Waals surface area contributed by atoms with E-state index in [1.807, 2.05) is 18.2 Å². The van der Waals surface area contributed by atoms with E-state index in [1.54, 1.807) is 43.8 Å². The van der Waals surface area contributed by atoms with E-state index in [-0.39, 0.29) is 29.5 Å². The predicted molar refractivity (Wildman–Crippen MR) is 103 cm³/mol. The molecule has 0 spiro atoms. The summed E-state index contributed by atoms with van der Waals surface area (Å²) in [5.41, 5.74) is 1.17. The second kappa shape index (κ2) is 9.09. The number of nitrogens with zero attached hydrogens (tertiary/aromatic N) is 3. The first-order valence-corrected chi connectivity index (χ1v) is 9.20. The molecule has 0 saturated heterocycles. The van der Waals surface area contributed by atoms with Crippen molar-refractivity contribution < 1.29 is 14.3 Å². The van der Waals surface area contributed by atoms with Crippen molar-refractivity contribution in [2.24, 2.45) is 7.05 Å². The van der Waals surface area contributed by atoms with Gasteiger partial charge in [0.1, 0.15) is 11.8 Å². The summed E-state index contributed by atoms with van der Waals surface area (Å²) in [5, 5.41) is 10.4. The van der Waals surface area contributed by atoms with Crippen molar-refractivity contribution in [1.29, 1.82) is 5.26 Å². The van der Waals surface area contributed by atoms with Crippen LogP contribution in [0.5, 0.6) is 0 Å². The lowest BCUT2D eigenvalue weighted by Crippen LogP contribution is -2.28. The van der Waals surface area contributed by atoms with E-state index in [2.05, 4.69) is 10.1 Å². The number of esters is 1. The number of hydrogen-bond acceptors (Lipinski definition) is 6. The van der Waals surface area contributed by atoms with Gasteiger partial charge in [0.05, 0.1) is 22.4 Å². The number of carbonyl (C=O) groups excluding carboxylic acids is 2. The first-order valence-electron chi connectivity index (χ1n) is 8.16. The molecule has 2 aromatic rings. The second-order valence-corrected chi connectivity index (χ2v) is 7.03. The SMILES string of the molecule is Cc1c(NC(=O)[C@H](C)SCC(=O)OCC#N)c(=O)n(-c2ccccc2)n1C. The highest BCUT2D eigenvalue weighted by Gasteiger charge is 2.21. The Kier molecular flexibility index (Phi) is 6.85. The van der Waals surface area contributed by atoms with Crippen LogP contribution in [-0.4, -0.2) is 38.8 Å². The Labute approximate surface area is 160 Å². The van der Waals surface area contributed by atoms with Gasteiger partial charge in [0.2, 0.25) is 5.91 Å². The minimum absolute atomic E-state index is 0.0573. The molecule has 27 heavy (non-hydrogen) atoms. The van der Waals surface area contributed by atoms with Crippen LogP contribution in [0.15, 0.2) is 35.1 Å². The van der Waals surface area contributed by atoms with Gasteiger partial charge in [-0.15, -0.1) is 11.8 Å². The molecule has 0 fully saturated rings. The Morgan fingerprint density at radius 3 is 2.63 bits per heavy atom. The Morgan fingerprint density at radius 1 is 1.33 bits per heavy atom. The second-order valence-electron chi connectivity index (χ2n) is 5.70. The fourth-order valence-corrected chi connectivity index (χ4v) is 3.04. The molecule has 0 aliphatic heterocycles. The maximum Gasteiger partial charge on any atom is 0.316 e. The normalized spacial score (nSPS) is 11.5. The van der Waals surface area contributed by atoms with E-state index in [4.69, 9.17) is 5.26 Å². The zero-order valence-electron chi connectivity index (χ0n) is 15.3. The molecule has 0 aliphatic carbocycles. The number of rotatable bonds is 7. The lowest BCUT2D eigenvalue weighted by Gasteiger charge is -2.10. The number of thioether (sulfide) groups is 1. The van der Waals surface area contributed by atoms with Gasteiger partial charge in [-0.05, 0) is 26.0 Å². The molecule has 0 saturated carbocycles. The fraction of sp³-hybridized carbons (Fsp3) is 0.333. The average molecular weight is 388 g/mol. The topological polar surface area (TPSA) is 106 Å². The maximum absolute atomic E-state index is 12.8. The number of nitriles is 1. The first-order chi connectivity index (χ1) is 12.9. The lowest BCUT2D eigenvalue weighted by molar-refractivity contribution is -0.139. The third kappa shape index (κ3) is 4.80. The summed E-state index contributed by atoms with van der Waals surface area (Å²) in [7, 11) is 1.74. The van der Waals surface area contributed by atoms with E-state index in [0.29, 0.717) is 11.4 Å². The van der Waals surface area contributed by atoms with Gasteiger partial charge in [0.15, 0.2) is 6.61 Å². The van der Waals surface area contributed by atoms with Gasteiger partial charge in [-0.25, -0.2) is 4.68 Å². The van der Waals surface area contributed by atoms with Gasteiger partial charge >= 0.3 is 5.97 Å². The van der Waals surface area contributed by atoms with Gasteiger partial charge in [-0.3, -0.25) is 19.1 Å². The summed E-state index contributed by atoms with van der Waals surface area (Å²) in [5.74, 6) is -1.01. The molecule has 142 valence electrons. The van der Waals surface area contributed by atoms with Crippen LogP contribution in [0.25, 0.3) is 5.69 Å². The number of carbonyl (C=O) groups is 2. The average Bonchev–Trinajstić information content (AvgIpc) is 2.88. The van der Waals surface area contributed by atoms with Crippen LogP contribution in [0.2, 0.25) is 0 Å². The zero-order valence-corrected chi connectivity index (χ0v) is 16.1. The number of benzene rings is 1. The van der Waals surface area contributed by atoms with Crippen molar-refractivity contribution in [1.82, 2.24) is 9.36 Å². The van der Waals surface area contributed by atoms with Crippen molar-refractivity contribution in [2.75, 3.05) is 17.7 Å². The highest BCUT2D eigenvalue weighted by Crippen LogP contribution is 2.17. The molecule has 0 unspecified atom stereocenters. The van der Waals surface area contributed by atoms with Gasteiger partial charge < -0.3 is 10.1 Å². The minimum atomic E-state index is -0.580. The third-order valence-electron chi connectivity index (χ3n) is 3.92. The van der Waals surface area contributed by atoms with E-state index < -0.39 is 11.2 Å². The van der Waals surface area contributed by atoms with E-state index in [0.717, 1.165) is 11.8 Å². The minimum Gasteiger partial charge on any atom is -0.450 e. The monoisotopic (exact) mass is 388 g/mol. The zero-order chi connectivity index (χ0) is 20.0. The first kappa shape index (κ1) is 20.3. The van der Waals surface area contributed by atoms with Crippen LogP contribution < -0.4 is 10.9 Å². The number of para-hydroxylation sites is 1. The fourth-order valence-electron chi connectivity index (χ4n) is 2.36. The van der Waals surface area contributed by atoms with E-state index in [1.165, 1.54) is 4.68 Å². The highest BCUT2D eigenvalue weighted by atomic mass is 32.2. The summed E-state index contributed by atoms with van der Waals surface area (Å²) >= 11 is 1.07. The van der Waals surface area contributed by atoms with Gasteiger partial charge in [-0.1, -0.05) is 18.2 Å². The lowest BCUT2D eigenvalue weighted by atomic mass is 10.3. The molecule has 8 nitrogen and oxygen atoms in total. The summed E-state index contributed by atoms with van der Waals surface area (Å²) < 4.78 is 7.78. The van der Waals surface area contributed by atoms with E-state index >= 15 is 0 Å². The number of nitrogens with one attached hydrogen (secondary N) is 1. The molecule has 1 amide bonds. The Hall–Kier alpha value is -2.99. The smallest absolute Gasteiger partial charge is 0.316 e. The molecule has 1 aromatic heterocycles. The molecule has 1 N–H and O–H groups in total. The summed E-state index contributed by atoms with van der Waals surface area (Å²) in [6.45, 7) is 3.06. The van der Waals surface area contributed by atoms with Crippen molar-refractivity contribution in [3.05, 3.63) is 46.4 Å². The summed E-state index contributed by atoms with van der Waals surface area (Å²) in [6.07, 6.45) is 0. The Morgan fingerprint density at radius 2 is 2.00 bits per heavy atom. The summed E-state index contributed by atoms with van der Waals surface area (Å²) in [6, 6.07) is 10.8. The number of aromatic nitrogens is 2. The van der Waals surface area contributed by atoms with Crippen molar-refractivity contribution in [2.45, 2.75) is 19.1 Å². The molecule has 2 rings (SSSR count). The number of amides is 1. The molecular formula is C18H20N4O4S. The van der Waals surface area contributed by atoms with Crippen molar-refractivity contribution >= 4 is 29.3 Å². The van der Waals surface area contributed by atoms with Crippen LogP contribution >= 0.6 is 11.8 Å². The highest BCUT2D eigenvalue weighted by molar-refractivity contribution is 8.01. The Balaban J connectivity index is 2.11. The molecule has 0 radical (unpaired) electrons. The van der Waals surface area contributed by atoms with Gasteiger partial charge in [0, 0.05) is 7.05 Å². The number of hydrogen-bond donors (Lipinski definition) is 1. The number of anilines is 1. The molecule has 0 aliphatic rings. The van der Waals surface area contributed by atoms with Crippen molar-refractivity contribution in [3.63, 3.8) is 0 Å². The molecule has 1 atom stereocenters. The standard InChI is InChI=1S/C18H20N4O4S/c1-12-16(18(25)22(21(12)3)14-7-5-4-6-8-14)20-17(24)13(2)27-11-15(23)26-10-9-19/h4-8,13H,10-11H2,1-3H3,(H,20,24)/t13-/m0/s1. The molecule has 1 heterocycles. The predicted octanol–water partition coefficient (Wildman–Crippen LogP) is 1.61. The van der Waals surface area contributed by atoms with Crippen LogP contribution in [-0.2, 0) is 21.4 Å². The third-order valence-corrected chi connectivity index (χ3v) is 5.04. The summed E-state index contributed by atoms with van der Waals surface area (Å²) in [4.78, 5) is 36.6. The molecule has 9 heteroatoms. The Bertz CT molecular complexity index is 927. The quantitative estimate of drug-likeness (QED) is 0.723. The van der Waals surface area contributed by atoms with Crippen LogP contribution in [0.1, 0.15) is 12.6 Å². The molecular weight excluding hydrogens is 368 g/mol. The van der Waals surface area contributed by atoms with Gasteiger partial charge in [0.25, 0.3) is 5.56 Å². The van der Waals surface area contributed by atoms with Crippen LogP contribution in [0, 0.1) is 18.3 Å². The largest absolute Gasteiger partial charge is 0.450 e. The van der Waals surface area contributed by atoms with Gasteiger partial charge in [-0.2, -0.15) is 5.26 Å². The van der Waals surface area contributed by atoms with Crippen LogP contribution in [0.4, 0.5) is 5.69 Å².